The number of aromatic nitrogens is 2. The van der Waals surface area contributed by atoms with E-state index in [2.05, 4.69) is 4.98 Å². The van der Waals surface area contributed by atoms with Crippen molar-refractivity contribution >= 4 is 17.1 Å². The highest BCUT2D eigenvalue weighted by Gasteiger charge is 2.10. The van der Waals surface area contributed by atoms with Gasteiger partial charge in [-0.3, -0.25) is 9.20 Å². The van der Waals surface area contributed by atoms with E-state index >= 15 is 0 Å². The van der Waals surface area contributed by atoms with Crippen molar-refractivity contribution in [2.45, 2.75) is 13.8 Å². The van der Waals surface area contributed by atoms with Gasteiger partial charge in [0.25, 0.3) is 0 Å². The highest BCUT2D eigenvalue weighted by Crippen LogP contribution is 2.17. The first-order chi connectivity index (χ1) is 6.61. The molecule has 0 bridgehead atoms. The molecule has 4 nitrogen and oxygen atoms in total. The molecule has 72 valence electrons. The third-order valence-corrected chi connectivity index (χ3v) is 2.29. The van der Waals surface area contributed by atoms with Gasteiger partial charge >= 0.3 is 0 Å². The molecule has 0 fully saturated rings. The van der Waals surface area contributed by atoms with Crippen LogP contribution in [0.3, 0.4) is 0 Å². The lowest BCUT2D eigenvalue weighted by molar-refractivity contribution is 0.101. The van der Waals surface area contributed by atoms with Crippen molar-refractivity contribution in [3.63, 3.8) is 0 Å². The van der Waals surface area contributed by atoms with Gasteiger partial charge < -0.3 is 5.73 Å². The smallest absolute Gasteiger partial charge is 0.180 e. The van der Waals surface area contributed by atoms with E-state index in [4.69, 9.17) is 5.73 Å². The monoisotopic (exact) mass is 189 g/mol. The molecule has 0 amide bonds. The zero-order valence-electron chi connectivity index (χ0n) is 8.11. The molecule has 4 heteroatoms. The van der Waals surface area contributed by atoms with Crippen LogP contribution in [0.1, 0.15) is 23.0 Å². The maximum atomic E-state index is 11.2. The fourth-order valence-corrected chi connectivity index (χ4v) is 1.46. The molecule has 2 N–H and O–H groups in total. The summed E-state index contributed by atoms with van der Waals surface area (Å²) < 4.78 is 1.73. The molecule has 0 aliphatic carbocycles. The van der Waals surface area contributed by atoms with Gasteiger partial charge in [-0.15, -0.1) is 0 Å². The number of nitrogens with zero attached hydrogens (tertiary/aromatic N) is 2. The van der Waals surface area contributed by atoms with Gasteiger partial charge in [0.2, 0.25) is 0 Å². The number of ketones is 1. The Labute approximate surface area is 81.4 Å². The number of imidazole rings is 1. The Hall–Kier alpha value is -1.84. The maximum absolute atomic E-state index is 11.2. The van der Waals surface area contributed by atoms with E-state index in [0.717, 1.165) is 11.1 Å². The van der Waals surface area contributed by atoms with Crippen LogP contribution in [0.2, 0.25) is 0 Å². The van der Waals surface area contributed by atoms with Crippen LogP contribution in [0.4, 0.5) is 5.82 Å². The highest BCUT2D eigenvalue weighted by molar-refractivity contribution is 5.99. The van der Waals surface area contributed by atoms with Crippen molar-refractivity contribution in [2.75, 3.05) is 5.73 Å². The van der Waals surface area contributed by atoms with Crippen LogP contribution in [-0.2, 0) is 0 Å². The lowest BCUT2D eigenvalue weighted by Gasteiger charge is -2.03. The number of carbonyl (C=O) groups excluding carboxylic acids is 1. The molecular weight excluding hydrogens is 178 g/mol. The second-order valence-electron chi connectivity index (χ2n) is 3.31. The summed E-state index contributed by atoms with van der Waals surface area (Å²) in [5, 5.41) is 0. The Bertz CT molecular complexity index is 513. The second kappa shape index (κ2) is 2.83. The number of anilines is 1. The Morgan fingerprint density at radius 2 is 2.21 bits per heavy atom. The summed E-state index contributed by atoms with van der Waals surface area (Å²) in [6, 6.07) is 3.74. The average Bonchev–Trinajstić information content (AvgIpc) is 2.55. The first-order valence-electron chi connectivity index (χ1n) is 4.34. The maximum Gasteiger partial charge on any atom is 0.180 e. The number of nitrogens with two attached hydrogens (primary N) is 1. The van der Waals surface area contributed by atoms with Gasteiger partial charge in [-0.1, -0.05) is 6.07 Å². The minimum Gasteiger partial charge on any atom is -0.385 e. The molecule has 0 unspecified atom stereocenters. The van der Waals surface area contributed by atoms with Gasteiger partial charge in [0, 0.05) is 6.92 Å². The van der Waals surface area contributed by atoms with E-state index in [1.54, 1.807) is 10.7 Å². The van der Waals surface area contributed by atoms with Gasteiger partial charge in [0.1, 0.15) is 17.8 Å². The molecule has 14 heavy (non-hydrogen) atoms. The van der Waals surface area contributed by atoms with E-state index in [9.17, 15) is 4.79 Å². The van der Waals surface area contributed by atoms with Crippen LogP contribution in [0.15, 0.2) is 18.5 Å². The number of Topliss-reactive ketones (excluding diaryl/α,β-unsaturated/α-hetero) is 1. The number of fused-ring (bicyclic) bond motifs is 1. The number of carbonyl (C=O) groups is 1. The molecule has 0 spiro atoms. The topological polar surface area (TPSA) is 60.4 Å². The first-order valence-corrected chi connectivity index (χ1v) is 4.34. The van der Waals surface area contributed by atoms with Gasteiger partial charge in [-0.05, 0) is 18.6 Å². The predicted octanol–water partition coefficient (Wildman–Crippen LogP) is 1.43. The number of nitrogen functional groups attached to an aromatic ring is 1. The van der Waals surface area contributed by atoms with Gasteiger partial charge in [-0.2, -0.15) is 0 Å². The number of hydrogen-bond donors (Lipinski definition) is 1. The highest BCUT2D eigenvalue weighted by atomic mass is 16.1. The summed E-state index contributed by atoms with van der Waals surface area (Å²) in [7, 11) is 0. The normalized spacial score (nSPS) is 10.7. The van der Waals surface area contributed by atoms with E-state index in [-0.39, 0.29) is 5.78 Å². The van der Waals surface area contributed by atoms with Crippen molar-refractivity contribution in [2.24, 2.45) is 0 Å². The fourth-order valence-electron chi connectivity index (χ4n) is 1.46. The van der Waals surface area contributed by atoms with Crippen molar-refractivity contribution in [1.29, 1.82) is 0 Å². The molecular formula is C10H11N3O. The summed E-state index contributed by atoms with van der Waals surface area (Å²) in [5.74, 6) is 0.582. The molecule has 0 aromatic carbocycles. The van der Waals surface area contributed by atoms with Crippen LogP contribution >= 0.6 is 0 Å². The van der Waals surface area contributed by atoms with Crippen LogP contribution in [0, 0.1) is 6.92 Å². The largest absolute Gasteiger partial charge is 0.385 e. The van der Waals surface area contributed by atoms with Gasteiger partial charge in [-0.25, -0.2) is 4.98 Å². The summed E-state index contributed by atoms with van der Waals surface area (Å²) in [5.41, 5.74) is 8.05. The van der Waals surface area contributed by atoms with Gasteiger partial charge in [0.15, 0.2) is 5.78 Å². The Morgan fingerprint density at radius 3 is 2.86 bits per heavy atom. The molecule has 0 radical (unpaired) electrons. The standard InChI is InChI=1S/C10H11N3O/c1-6-3-4-8-9(7(2)14)12-5-13(8)10(6)11/h3-5H,11H2,1-2H3. The molecule has 0 aliphatic rings. The molecule has 0 atom stereocenters. The molecule has 0 saturated carbocycles. The lowest BCUT2D eigenvalue weighted by atomic mass is 10.2. The fraction of sp³-hybridized carbons (Fsp3) is 0.200. The van der Waals surface area contributed by atoms with Crippen LogP contribution in [0.5, 0.6) is 0 Å². The van der Waals surface area contributed by atoms with Gasteiger partial charge in [0.05, 0.1) is 5.52 Å². The first kappa shape index (κ1) is 8.74. The summed E-state index contributed by atoms with van der Waals surface area (Å²) >= 11 is 0. The van der Waals surface area contributed by atoms with Crippen LogP contribution in [-0.4, -0.2) is 15.2 Å². The third kappa shape index (κ3) is 1.08. The van der Waals surface area contributed by atoms with Crippen molar-refractivity contribution in [3.05, 3.63) is 29.7 Å². The van der Waals surface area contributed by atoms with E-state index in [1.165, 1.54) is 6.92 Å². The molecule has 0 aliphatic heterocycles. The average molecular weight is 189 g/mol. The van der Waals surface area contributed by atoms with Crippen molar-refractivity contribution in [3.8, 4) is 0 Å². The zero-order valence-corrected chi connectivity index (χ0v) is 8.11. The lowest BCUT2D eigenvalue weighted by Crippen LogP contribution is -1.99. The van der Waals surface area contributed by atoms with Crippen LogP contribution in [0.25, 0.3) is 5.52 Å². The summed E-state index contributed by atoms with van der Waals surface area (Å²) in [6.07, 6.45) is 1.58. The molecule has 0 saturated heterocycles. The van der Waals surface area contributed by atoms with E-state index in [1.807, 2.05) is 19.1 Å². The quantitative estimate of drug-likeness (QED) is 0.690. The number of rotatable bonds is 1. The van der Waals surface area contributed by atoms with E-state index in [0.29, 0.717) is 11.5 Å². The summed E-state index contributed by atoms with van der Waals surface area (Å²) in [4.78, 5) is 15.2. The number of pyridine rings is 1. The number of hydrogen-bond acceptors (Lipinski definition) is 3. The third-order valence-electron chi connectivity index (χ3n) is 2.29. The van der Waals surface area contributed by atoms with Crippen molar-refractivity contribution < 1.29 is 4.79 Å². The minimum atomic E-state index is -0.0456. The molecule has 2 heterocycles. The Morgan fingerprint density at radius 1 is 1.50 bits per heavy atom. The minimum absolute atomic E-state index is 0.0456. The Kier molecular flexibility index (Phi) is 1.77. The molecule has 2 rings (SSSR count). The zero-order chi connectivity index (χ0) is 10.3. The number of aryl methyl sites for hydroxylation is 1. The van der Waals surface area contributed by atoms with Crippen molar-refractivity contribution in [1.82, 2.24) is 9.38 Å². The predicted molar refractivity (Wildman–Crippen MR) is 54.3 cm³/mol. The Balaban J connectivity index is 2.83. The molecule has 2 aromatic heterocycles. The summed E-state index contributed by atoms with van der Waals surface area (Å²) in [6.45, 7) is 3.42. The SMILES string of the molecule is CC(=O)c1ncn2c(N)c(C)ccc12. The van der Waals surface area contributed by atoms with E-state index < -0.39 is 0 Å². The van der Waals surface area contributed by atoms with Crippen LogP contribution < -0.4 is 5.73 Å². The molecule has 2 aromatic rings. The second-order valence-corrected chi connectivity index (χ2v) is 3.31.